The summed E-state index contributed by atoms with van der Waals surface area (Å²) in [5, 5.41) is 7.71. The van der Waals surface area contributed by atoms with E-state index in [-0.39, 0.29) is 5.75 Å². The monoisotopic (exact) mass is 293 g/mol. The van der Waals surface area contributed by atoms with Crippen molar-refractivity contribution < 1.29 is 13.5 Å². The maximum absolute atomic E-state index is 13.2. The van der Waals surface area contributed by atoms with E-state index in [1.807, 2.05) is 6.92 Å². The first-order chi connectivity index (χ1) is 10.0. The van der Waals surface area contributed by atoms with Crippen molar-refractivity contribution in [2.75, 3.05) is 0 Å². The molecule has 1 aliphatic rings. The molecule has 1 aromatic heterocycles. The van der Waals surface area contributed by atoms with E-state index in [1.165, 1.54) is 12.8 Å². The first-order valence-electron chi connectivity index (χ1n) is 6.92. The van der Waals surface area contributed by atoms with Crippen molar-refractivity contribution in [2.45, 2.75) is 32.4 Å². The molecule has 0 bridgehead atoms. The molecular formula is C15H17F2N3O. The van der Waals surface area contributed by atoms with Crippen molar-refractivity contribution in [1.82, 2.24) is 15.1 Å². The van der Waals surface area contributed by atoms with Crippen molar-refractivity contribution in [1.29, 1.82) is 0 Å². The van der Waals surface area contributed by atoms with Gasteiger partial charge in [-0.25, -0.2) is 13.5 Å². The molecule has 1 saturated carbocycles. The van der Waals surface area contributed by atoms with Crippen molar-refractivity contribution in [3.05, 3.63) is 41.1 Å². The average Bonchev–Trinajstić information content (AvgIpc) is 3.16. The molecule has 0 atom stereocenters. The van der Waals surface area contributed by atoms with Crippen LogP contribution in [0.4, 0.5) is 8.78 Å². The summed E-state index contributed by atoms with van der Waals surface area (Å²) in [5.74, 6) is -0.697. The average molecular weight is 293 g/mol. The highest BCUT2D eigenvalue weighted by Gasteiger charge is 2.23. The maximum Gasteiger partial charge on any atom is 0.222 e. The van der Waals surface area contributed by atoms with Gasteiger partial charge in [0.2, 0.25) is 5.88 Å². The Morgan fingerprint density at radius 2 is 1.95 bits per heavy atom. The number of aryl methyl sites for hydroxylation is 2. The Kier molecular flexibility index (Phi) is 3.63. The number of hydrogen-bond donors (Lipinski definition) is 1. The van der Waals surface area contributed by atoms with Crippen LogP contribution in [-0.4, -0.2) is 15.8 Å². The SMILES string of the molecule is Cc1nn(C)c(Oc2cc(F)cc(F)c2)c1CNC1CC1. The summed E-state index contributed by atoms with van der Waals surface area (Å²) in [5.41, 5.74) is 1.76. The summed E-state index contributed by atoms with van der Waals surface area (Å²) < 4.78 is 33.7. The van der Waals surface area contributed by atoms with Gasteiger partial charge >= 0.3 is 0 Å². The molecule has 21 heavy (non-hydrogen) atoms. The van der Waals surface area contributed by atoms with Gasteiger partial charge in [0.15, 0.2) is 0 Å². The van der Waals surface area contributed by atoms with E-state index < -0.39 is 11.6 Å². The van der Waals surface area contributed by atoms with Crippen LogP contribution in [0.5, 0.6) is 11.6 Å². The maximum atomic E-state index is 13.2. The minimum Gasteiger partial charge on any atom is -0.439 e. The van der Waals surface area contributed by atoms with Crippen molar-refractivity contribution in [3.63, 3.8) is 0 Å². The molecule has 1 heterocycles. The summed E-state index contributed by atoms with van der Waals surface area (Å²) in [7, 11) is 1.75. The van der Waals surface area contributed by atoms with Crippen LogP contribution in [0.3, 0.4) is 0 Å². The van der Waals surface area contributed by atoms with Gasteiger partial charge in [-0.2, -0.15) is 5.10 Å². The molecule has 0 radical (unpaired) electrons. The zero-order valence-electron chi connectivity index (χ0n) is 12.0. The quantitative estimate of drug-likeness (QED) is 0.921. The van der Waals surface area contributed by atoms with Crippen LogP contribution in [0.1, 0.15) is 24.1 Å². The van der Waals surface area contributed by atoms with Gasteiger partial charge in [0.05, 0.1) is 11.3 Å². The molecule has 4 nitrogen and oxygen atoms in total. The van der Waals surface area contributed by atoms with Crippen LogP contribution in [-0.2, 0) is 13.6 Å². The summed E-state index contributed by atoms with van der Waals surface area (Å²) in [6.45, 7) is 2.53. The van der Waals surface area contributed by atoms with E-state index in [0.29, 0.717) is 18.5 Å². The fourth-order valence-corrected chi connectivity index (χ4v) is 2.24. The number of halogens is 2. The Morgan fingerprint density at radius 1 is 1.29 bits per heavy atom. The van der Waals surface area contributed by atoms with Gasteiger partial charge in [-0.15, -0.1) is 0 Å². The molecule has 1 N–H and O–H groups in total. The topological polar surface area (TPSA) is 39.1 Å². The second kappa shape index (κ2) is 5.44. The Balaban J connectivity index is 1.85. The van der Waals surface area contributed by atoms with Crippen LogP contribution in [0, 0.1) is 18.6 Å². The number of ether oxygens (including phenoxy) is 1. The summed E-state index contributed by atoms with van der Waals surface area (Å²) in [6, 6.07) is 3.69. The first kappa shape index (κ1) is 14.0. The summed E-state index contributed by atoms with van der Waals surface area (Å²) >= 11 is 0. The van der Waals surface area contributed by atoms with Crippen molar-refractivity contribution in [3.8, 4) is 11.6 Å². The van der Waals surface area contributed by atoms with E-state index in [4.69, 9.17) is 4.74 Å². The molecule has 0 unspecified atom stereocenters. The second-order valence-corrected chi connectivity index (χ2v) is 5.36. The number of nitrogens with one attached hydrogen (secondary N) is 1. The van der Waals surface area contributed by atoms with Gasteiger partial charge in [0, 0.05) is 37.8 Å². The Hall–Kier alpha value is -1.95. The van der Waals surface area contributed by atoms with Crippen LogP contribution < -0.4 is 10.1 Å². The lowest BCUT2D eigenvalue weighted by molar-refractivity contribution is 0.416. The van der Waals surface area contributed by atoms with Crippen LogP contribution in [0.15, 0.2) is 18.2 Å². The zero-order chi connectivity index (χ0) is 15.0. The summed E-state index contributed by atoms with van der Waals surface area (Å²) in [4.78, 5) is 0. The number of aromatic nitrogens is 2. The Labute approximate surface area is 121 Å². The molecule has 0 aliphatic heterocycles. The molecular weight excluding hydrogens is 276 g/mol. The molecule has 0 amide bonds. The fourth-order valence-electron chi connectivity index (χ4n) is 2.24. The normalized spacial score (nSPS) is 14.5. The lowest BCUT2D eigenvalue weighted by atomic mass is 10.2. The molecule has 2 aromatic rings. The highest BCUT2D eigenvalue weighted by atomic mass is 19.1. The minimum atomic E-state index is -0.665. The molecule has 1 aliphatic carbocycles. The van der Waals surface area contributed by atoms with Gasteiger partial charge in [0.25, 0.3) is 0 Å². The van der Waals surface area contributed by atoms with Gasteiger partial charge in [-0.05, 0) is 19.8 Å². The van der Waals surface area contributed by atoms with Gasteiger partial charge in [0.1, 0.15) is 17.4 Å². The minimum absolute atomic E-state index is 0.128. The third kappa shape index (κ3) is 3.21. The third-order valence-electron chi connectivity index (χ3n) is 3.48. The van der Waals surface area contributed by atoms with Gasteiger partial charge in [-0.1, -0.05) is 0 Å². The fraction of sp³-hybridized carbons (Fsp3) is 0.400. The molecule has 112 valence electrons. The number of hydrogen-bond acceptors (Lipinski definition) is 3. The van der Waals surface area contributed by atoms with Gasteiger partial charge in [-0.3, -0.25) is 0 Å². The lowest BCUT2D eigenvalue weighted by Gasteiger charge is -2.10. The Morgan fingerprint density at radius 3 is 2.57 bits per heavy atom. The predicted molar refractivity (Wildman–Crippen MR) is 74.2 cm³/mol. The number of benzene rings is 1. The Bertz CT molecular complexity index is 645. The second-order valence-electron chi connectivity index (χ2n) is 5.36. The van der Waals surface area contributed by atoms with E-state index in [2.05, 4.69) is 10.4 Å². The van der Waals surface area contributed by atoms with Gasteiger partial charge < -0.3 is 10.1 Å². The molecule has 0 spiro atoms. The molecule has 3 rings (SSSR count). The van der Waals surface area contributed by atoms with E-state index in [1.54, 1.807) is 11.7 Å². The van der Waals surface area contributed by atoms with Crippen LogP contribution in [0.25, 0.3) is 0 Å². The lowest BCUT2D eigenvalue weighted by Crippen LogP contribution is -2.16. The standard InChI is InChI=1S/C15H17F2N3O/c1-9-14(8-18-12-3-4-12)15(20(2)19-9)21-13-6-10(16)5-11(17)7-13/h5-7,12,18H,3-4,8H2,1-2H3. The summed E-state index contributed by atoms with van der Waals surface area (Å²) in [6.07, 6.45) is 2.37. The number of nitrogens with zero attached hydrogens (tertiary/aromatic N) is 2. The zero-order valence-corrected chi connectivity index (χ0v) is 12.0. The predicted octanol–water partition coefficient (Wildman–Crippen LogP) is 3.05. The van der Waals surface area contributed by atoms with Crippen LogP contribution in [0.2, 0.25) is 0 Å². The molecule has 0 saturated heterocycles. The molecule has 1 fully saturated rings. The first-order valence-corrected chi connectivity index (χ1v) is 6.92. The van der Waals surface area contributed by atoms with E-state index in [9.17, 15) is 8.78 Å². The highest BCUT2D eigenvalue weighted by Crippen LogP contribution is 2.29. The van der Waals surface area contributed by atoms with Crippen molar-refractivity contribution in [2.24, 2.45) is 7.05 Å². The molecule has 1 aromatic carbocycles. The molecule has 6 heteroatoms. The smallest absolute Gasteiger partial charge is 0.222 e. The third-order valence-corrected chi connectivity index (χ3v) is 3.48. The highest BCUT2D eigenvalue weighted by molar-refractivity contribution is 5.36. The van der Waals surface area contributed by atoms with E-state index >= 15 is 0 Å². The number of rotatable bonds is 5. The van der Waals surface area contributed by atoms with Crippen LogP contribution >= 0.6 is 0 Å². The van der Waals surface area contributed by atoms with E-state index in [0.717, 1.165) is 29.5 Å². The largest absolute Gasteiger partial charge is 0.439 e. The van der Waals surface area contributed by atoms with Crippen molar-refractivity contribution >= 4 is 0 Å².